The van der Waals surface area contributed by atoms with E-state index in [4.69, 9.17) is 5.26 Å². The molecule has 3 nitrogen and oxygen atoms in total. The van der Waals surface area contributed by atoms with E-state index in [-0.39, 0.29) is 0 Å². The number of hydrogen-bond acceptors (Lipinski definition) is 3. The summed E-state index contributed by atoms with van der Waals surface area (Å²) in [5, 5.41) is 12.4. The van der Waals surface area contributed by atoms with Gasteiger partial charge in [-0.1, -0.05) is 6.08 Å². The highest BCUT2D eigenvalue weighted by molar-refractivity contribution is 5.39. The molecule has 1 atom stereocenters. The van der Waals surface area contributed by atoms with Gasteiger partial charge in [0.05, 0.1) is 5.57 Å². The highest BCUT2D eigenvalue weighted by Gasteiger charge is 2.20. The van der Waals surface area contributed by atoms with Crippen LogP contribution in [0.5, 0.6) is 0 Å². The summed E-state index contributed by atoms with van der Waals surface area (Å²) in [5.74, 6) is 0. The number of rotatable bonds is 3. The predicted molar refractivity (Wildman–Crippen MR) is 60.1 cm³/mol. The van der Waals surface area contributed by atoms with Gasteiger partial charge in [0.1, 0.15) is 6.07 Å². The number of nitrogens with one attached hydrogen (secondary N) is 1. The van der Waals surface area contributed by atoms with E-state index in [1.165, 1.54) is 12.1 Å². The zero-order valence-corrected chi connectivity index (χ0v) is 9.16. The summed E-state index contributed by atoms with van der Waals surface area (Å²) < 4.78 is 0. The van der Waals surface area contributed by atoms with Crippen molar-refractivity contribution in [1.29, 1.82) is 5.26 Å². The molecule has 0 spiro atoms. The molecule has 2 rings (SSSR count). The molecule has 1 unspecified atom stereocenters. The molecule has 1 heterocycles. The largest absolute Gasteiger partial charge is 0.375 e. The first-order valence-corrected chi connectivity index (χ1v) is 5.55. The first-order valence-electron chi connectivity index (χ1n) is 5.55. The van der Waals surface area contributed by atoms with Crippen LogP contribution in [0.1, 0.15) is 19.3 Å². The average Bonchev–Trinajstić information content (AvgIpc) is 2.23. The van der Waals surface area contributed by atoms with Crippen molar-refractivity contribution >= 4 is 0 Å². The van der Waals surface area contributed by atoms with Crippen LogP contribution in [0.4, 0.5) is 0 Å². The summed E-state index contributed by atoms with van der Waals surface area (Å²) in [6.07, 6.45) is 7.35. The van der Waals surface area contributed by atoms with E-state index in [0.29, 0.717) is 6.04 Å². The molecule has 15 heavy (non-hydrogen) atoms. The van der Waals surface area contributed by atoms with Crippen molar-refractivity contribution in [3.8, 4) is 6.07 Å². The molecule has 2 aliphatic rings. The van der Waals surface area contributed by atoms with Crippen LogP contribution in [0.2, 0.25) is 0 Å². The summed E-state index contributed by atoms with van der Waals surface area (Å²) in [6.45, 7) is 2.16. The Morgan fingerprint density at radius 3 is 3.07 bits per heavy atom. The molecule has 0 aromatic carbocycles. The van der Waals surface area contributed by atoms with Crippen molar-refractivity contribution in [3.05, 3.63) is 23.4 Å². The number of likely N-dealkylation sites (N-methyl/N-ethyl adjacent to an activating group) is 1. The van der Waals surface area contributed by atoms with Gasteiger partial charge in [-0.25, -0.2) is 0 Å². The van der Waals surface area contributed by atoms with Gasteiger partial charge < -0.3 is 10.2 Å². The van der Waals surface area contributed by atoms with Crippen molar-refractivity contribution in [2.24, 2.45) is 0 Å². The van der Waals surface area contributed by atoms with Crippen LogP contribution in [0.15, 0.2) is 23.4 Å². The molecular weight excluding hydrogens is 186 g/mol. The predicted octanol–water partition coefficient (Wildman–Crippen LogP) is 1.41. The Labute approximate surface area is 91.1 Å². The van der Waals surface area contributed by atoms with Crippen LogP contribution in [0.25, 0.3) is 0 Å². The van der Waals surface area contributed by atoms with Gasteiger partial charge in [-0.05, 0) is 31.9 Å². The molecule has 0 radical (unpaired) electrons. The van der Waals surface area contributed by atoms with Gasteiger partial charge in [0.25, 0.3) is 0 Å². The molecule has 0 amide bonds. The Morgan fingerprint density at radius 2 is 2.47 bits per heavy atom. The van der Waals surface area contributed by atoms with E-state index >= 15 is 0 Å². The third-order valence-corrected chi connectivity index (χ3v) is 3.14. The maximum Gasteiger partial charge on any atom is 0.101 e. The van der Waals surface area contributed by atoms with Gasteiger partial charge in [0, 0.05) is 25.3 Å². The quantitative estimate of drug-likeness (QED) is 0.753. The number of nitrogens with zero attached hydrogens (tertiary/aromatic N) is 2. The fourth-order valence-corrected chi connectivity index (χ4v) is 2.10. The number of hydrogen-bond donors (Lipinski definition) is 1. The lowest BCUT2D eigenvalue weighted by atomic mass is 10.0. The number of nitriles is 1. The van der Waals surface area contributed by atoms with Crippen LogP contribution < -0.4 is 5.32 Å². The summed E-state index contributed by atoms with van der Waals surface area (Å²) in [4.78, 5) is 2.24. The van der Waals surface area contributed by atoms with Crippen molar-refractivity contribution in [2.45, 2.75) is 25.3 Å². The lowest BCUT2D eigenvalue weighted by molar-refractivity contribution is 0.272. The van der Waals surface area contributed by atoms with Crippen LogP contribution in [-0.4, -0.2) is 31.1 Å². The minimum absolute atomic E-state index is 0.619. The van der Waals surface area contributed by atoms with Gasteiger partial charge in [-0.2, -0.15) is 5.26 Å². The van der Waals surface area contributed by atoms with Crippen molar-refractivity contribution in [1.82, 2.24) is 10.2 Å². The summed E-state index contributed by atoms with van der Waals surface area (Å²) in [7, 11) is 2.09. The van der Waals surface area contributed by atoms with E-state index < -0.39 is 0 Å². The van der Waals surface area contributed by atoms with Crippen molar-refractivity contribution < 1.29 is 0 Å². The smallest absolute Gasteiger partial charge is 0.101 e. The SMILES string of the molecule is CN(CC1CCN1)C1=C(C#N)C=CCC1. The second-order valence-corrected chi connectivity index (χ2v) is 4.23. The van der Waals surface area contributed by atoms with Gasteiger partial charge >= 0.3 is 0 Å². The molecule has 0 aromatic heterocycles. The number of allylic oxidation sites excluding steroid dienone is 4. The fourth-order valence-electron chi connectivity index (χ4n) is 2.10. The third kappa shape index (κ3) is 2.21. The van der Waals surface area contributed by atoms with E-state index in [2.05, 4.69) is 29.4 Å². The lowest BCUT2D eigenvalue weighted by Gasteiger charge is -2.34. The summed E-state index contributed by atoms with van der Waals surface area (Å²) in [5.41, 5.74) is 2.04. The molecule has 1 N–H and O–H groups in total. The van der Waals surface area contributed by atoms with Crippen LogP contribution in [0.3, 0.4) is 0 Å². The van der Waals surface area contributed by atoms with Gasteiger partial charge in [0.15, 0.2) is 0 Å². The molecule has 0 aromatic rings. The molecule has 1 aliphatic carbocycles. The maximum absolute atomic E-state index is 9.01. The first kappa shape index (κ1) is 10.3. The summed E-state index contributed by atoms with van der Waals surface area (Å²) >= 11 is 0. The third-order valence-electron chi connectivity index (χ3n) is 3.14. The van der Waals surface area contributed by atoms with Crippen molar-refractivity contribution in [2.75, 3.05) is 20.1 Å². The van der Waals surface area contributed by atoms with Crippen LogP contribution >= 0.6 is 0 Å². The molecule has 0 saturated carbocycles. The fraction of sp³-hybridized carbons (Fsp3) is 0.583. The lowest BCUT2D eigenvalue weighted by Crippen LogP contribution is -2.49. The van der Waals surface area contributed by atoms with Gasteiger partial charge in [0.2, 0.25) is 0 Å². The first-order chi connectivity index (χ1) is 7.31. The second-order valence-electron chi connectivity index (χ2n) is 4.23. The molecule has 1 fully saturated rings. The molecule has 0 bridgehead atoms. The second kappa shape index (κ2) is 4.50. The van der Waals surface area contributed by atoms with Crippen LogP contribution in [0, 0.1) is 11.3 Å². The van der Waals surface area contributed by atoms with E-state index in [1.807, 2.05) is 6.08 Å². The Bertz CT molecular complexity index is 331. The maximum atomic E-state index is 9.01. The van der Waals surface area contributed by atoms with Gasteiger partial charge in [-0.15, -0.1) is 0 Å². The molecule has 80 valence electrons. The Balaban J connectivity index is 2.03. The average molecular weight is 203 g/mol. The normalized spacial score (nSPS) is 24.7. The molecule has 1 aliphatic heterocycles. The van der Waals surface area contributed by atoms with E-state index in [1.54, 1.807) is 0 Å². The van der Waals surface area contributed by atoms with Crippen LogP contribution in [-0.2, 0) is 0 Å². The van der Waals surface area contributed by atoms with Crippen molar-refractivity contribution in [3.63, 3.8) is 0 Å². The zero-order valence-electron chi connectivity index (χ0n) is 9.16. The minimum Gasteiger partial charge on any atom is -0.375 e. The monoisotopic (exact) mass is 203 g/mol. The van der Waals surface area contributed by atoms with E-state index in [0.717, 1.165) is 31.5 Å². The Hall–Kier alpha value is -1.27. The molecule has 1 saturated heterocycles. The topological polar surface area (TPSA) is 39.1 Å². The Morgan fingerprint density at radius 1 is 1.67 bits per heavy atom. The summed E-state index contributed by atoms with van der Waals surface area (Å²) in [6, 6.07) is 2.89. The minimum atomic E-state index is 0.619. The standard InChI is InChI=1S/C12H17N3/c1-15(9-11-6-7-14-11)12-5-3-2-4-10(12)8-13/h2,4,11,14H,3,5-7,9H2,1H3. The highest BCUT2D eigenvalue weighted by Crippen LogP contribution is 2.21. The molecule has 3 heteroatoms. The van der Waals surface area contributed by atoms with E-state index in [9.17, 15) is 0 Å². The Kier molecular flexibility index (Phi) is 3.08. The highest BCUT2D eigenvalue weighted by atomic mass is 15.2. The molecular formula is C12H17N3. The van der Waals surface area contributed by atoms with Gasteiger partial charge in [-0.3, -0.25) is 0 Å². The zero-order chi connectivity index (χ0) is 10.7.